The molecule has 1 aromatic rings. The number of nitrogens with zero attached hydrogens (tertiary/aromatic N) is 2. The Kier molecular flexibility index (Phi) is 4.83. The highest BCUT2D eigenvalue weighted by molar-refractivity contribution is 5.75. The van der Waals surface area contributed by atoms with Crippen LogP contribution in [0.2, 0.25) is 0 Å². The number of aromatic nitrogens is 2. The third-order valence-electron chi connectivity index (χ3n) is 2.23. The van der Waals surface area contributed by atoms with Gasteiger partial charge in [-0.1, -0.05) is 0 Å². The molecule has 0 aliphatic carbocycles. The van der Waals surface area contributed by atoms with Gasteiger partial charge in [-0.3, -0.25) is 4.79 Å². The fourth-order valence-corrected chi connectivity index (χ4v) is 1.32. The van der Waals surface area contributed by atoms with Crippen LogP contribution in [0.3, 0.4) is 0 Å². The number of imidazole rings is 1. The van der Waals surface area contributed by atoms with Crippen LogP contribution in [0.1, 0.15) is 19.2 Å². The normalized spacial score (nSPS) is 10.3. The lowest BCUT2D eigenvalue weighted by molar-refractivity contribution is -0.120. The SMILES string of the molecule is CCn1ccnc1CNCCC(=O)NC. The molecule has 1 amide bonds. The Bertz CT molecular complexity index is 308. The topological polar surface area (TPSA) is 59.0 Å². The van der Waals surface area contributed by atoms with Crippen LogP contribution in [-0.2, 0) is 17.9 Å². The van der Waals surface area contributed by atoms with Crippen LogP contribution in [0.4, 0.5) is 0 Å². The van der Waals surface area contributed by atoms with Gasteiger partial charge in [0.15, 0.2) is 0 Å². The summed E-state index contributed by atoms with van der Waals surface area (Å²) in [5, 5.41) is 5.76. The third kappa shape index (κ3) is 3.71. The number of amides is 1. The third-order valence-corrected chi connectivity index (χ3v) is 2.23. The van der Waals surface area contributed by atoms with E-state index < -0.39 is 0 Å². The highest BCUT2D eigenvalue weighted by Crippen LogP contribution is 1.96. The number of hydrogen-bond acceptors (Lipinski definition) is 3. The molecule has 84 valence electrons. The Balaban J connectivity index is 2.23. The summed E-state index contributed by atoms with van der Waals surface area (Å²) < 4.78 is 2.08. The van der Waals surface area contributed by atoms with E-state index in [1.54, 1.807) is 13.2 Å². The second kappa shape index (κ2) is 6.19. The van der Waals surface area contributed by atoms with Crippen molar-refractivity contribution in [3.05, 3.63) is 18.2 Å². The summed E-state index contributed by atoms with van der Waals surface area (Å²) in [6.07, 6.45) is 4.25. The monoisotopic (exact) mass is 210 g/mol. The van der Waals surface area contributed by atoms with Gasteiger partial charge in [0.05, 0.1) is 6.54 Å². The molecule has 0 saturated carbocycles. The van der Waals surface area contributed by atoms with Crippen molar-refractivity contribution in [2.24, 2.45) is 0 Å². The minimum Gasteiger partial charge on any atom is -0.359 e. The van der Waals surface area contributed by atoms with Crippen LogP contribution >= 0.6 is 0 Å². The Hall–Kier alpha value is -1.36. The van der Waals surface area contributed by atoms with Gasteiger partial charge in [-0.25, -0.2) is 4.98 Å². The van der Waals surface area contributed by atoms with Gasteiger partial charge in [-0.05, 0) is 6.92 Å². The Morgan fingerprint density at radius 1 is 1.60 bits per heavy atom. The zero-order valence-electron chi connectivity index (χ0n) is 9.29. The molecule has 0 radical (unpaired) electrons. The molecule has 1 aromatic heterocycles. The fourth-order valence-electron chi connectivity index (χ4n) is 1.32. The fraction of sp³-hybridized carbons (Fsp3) is 0.600. The average molecular weight is 210 g/mol. The van der Waals surface area contributed by atoms with E-state index in [4.69, 9.17) is 0 Å². The van der Waals surface area contributed by atoms with Crippen molar-refractivity contribution in [3.8, 4) is 0 Å². The molecule has 0 saturated heterocycles. The molecule has 0 aliphatic heterocycles. The zero-order valence-corrected chi connectivity index (χ0v) is 9.29. The molecule has 0 aromatic carbocycles. The smallest absolute Gasteiger partial charge is 0.221 e. The summed E-state index contributed by atoms with van der Waals surface area (Å²) in [4.78, 5) is 15.1. The minimum absolute atomic E-state index is 0.0568. The van der Waals surface area contributed by atoms with E-state index >= 15 is 0 Å². The predicted molar refractivity (Wildman–Crippen MR) is 58.3 cm³/mol. The number of carbonyl (C=O) groups is 1. The van der Waals surface area contributed by atoms with Gasteiger partial charge in [0.25, 0.3) is 0 Å². The van der Waals surface area contributed by atoms with Crippen molar-refractivity contribution in [1.29, 1.82) is 0 Å². The molecule has 1 rings (SSSR count). The van der Waals surface area contributed by atoms with Crippen molar-refractivity contribution < 1.29 is 4.79 Å². The molecular weight excluding hydrogens is 192 g/mol. The van der Waals surface area contributed by atoms with Gasteiger partial charge >= 0.3 is 0 Å². The summed E-state index contributed by atoms with van der Waals surface area (Å²) in [6, 6.07) is 0. The summed E-state index contributed by atoms with van der Waals surface area (Å²) in [7, 11) is 1.64. The zero-order chi connectivity index (χ0) is 11.1. The van der Waals surface area contributed by atoms with Gasteiger partial charge in [-0.2, -0.15) is 0 Å². The van der Waals surface area contributed by atoms with Crippen LogP contribution in [-0.4, -0.2) is 29.1 Å². The van der Waals surface area contributed by atoms with Gasteiger partial charge in [0.2, 0.25) is 5.91 Å². The first kappa shape index (κ1) is 11.7. The van der Waals surface area contributed by atoms with Crippen LogP contribution in [0.15, 0.2) is 12.4 Å². The Labute approximate surface area is 89.9 Å². The maximum atomic E-state index is 10.9. The molecular formula is C10H18N4O. The van der Waals surface area contributed by atoms with E-state index in [0.29, 0.717) is 19.5 Å². The minimum atomic E-state index is 0.0568. The van der Waals surface area contributed by atoms with Crippen LogP contribution < -0.4 is 10.6 Å². The van der Waals surface area contributed by atoms with Crippen molar-refractivity contribution in [1.82, 2.24) is 20.2 Å². The lowest BCUT2D eigenvalue weighted by Crippen LogP contribution is -2.25. The lowest BCUT2D eigenvalue weighted by Gasteiger charge is -2.06. The van der Waals surface area contributed by atoms with Crippen LogP contribution in [0.25, 0.3) is 0 Å². The first-order chi connectivity index (χ1) is 7.27. The maximum Gasteiger partial charge on any atom is 0.221 e. The maximum absolute atomic E-state index is 10.9. The molecule has 0 fully saturated rings. The number of aryl methyl sites for hydroxylation is 1. The van der Waals surface area contributed by atoms with E-state index in [9.17, 15) is 4.79 Å². The standard InChI is InChI=1S/C10H18N4O/c1-3-14-7-6-13-9(14)8-12-5-4-10(15)11-2/h6-7,12H,3-5,8H2,1-2H3,(H,11,15). The second-order valence-corrected chi connectivity index (χ2v) is 3.23. The predicted octanol–water partition coefficient (Wildman–Crippen LogP) is 0.129. The van der Waals surface area contributed by atoms with Crippen LogP contribution in [0.5, 0.6) is 0 Å². The molecule has 0 atom stereocenters. The van der Waals surface area contributed by atoms with Crippen LogP contribution in [0, 0.1) is 0 Å². The van der Waals surface area contributed by atoms with Crippen molar-refractivity contribution in [3.63, 3.8) is 0 Å². The van der Waals surface area contributed by atoms with E-state index in [1.807, 2.05) is 6.20 Å². The molecule has 5 nitrogen and oxygen atoms in total. The van der Waals surface area contributed by atoms with Crippen molar-refractivity contribution in [2.45, 2.75) is 26.4 Å². The Morgan fingerprint density at radius 2 is 2.40 bits per heavy atom. The van der Waals surface area contributed by atoms with Gasteiger partial charge in [0.1, 0.15) is 5.82 Å². The van der Waals surface area contributed by atoms with E-state index in [0.717, 1.165) is 12.4 Å². The number of carbonyl (C=O) groups excluding carboxylic acids is 1. The summed E-state index contributed by atoms with van der Waals surface area (Å²) >= 11 is 0. The Morgan fingerprint density at radius 3 is 3.07 bits per heavy atom. The number of nitrogens with one attached hydrogen (secondary N) is 2. The molecule has 15 heavy (non-hydrogen) atoms. The lowest BCUT2D eigenvalue weighted by atomic mass is 10.4. The average Bonchev–Trinajstić information content (AvgIpc) is 2.71. The molecule has 5 heteroatoms. The van der Waals surface area contributed by atoms with E-state index in [2.05, 4.69) is 27.1 Å². The highest BCUT2D eigenvalue weighted by atomic mass is 16.1. The van der Waals surface area contributed by atoms with Crippen molar-refractivity contribution >= 4 is 5.91 Å². The molecule has 0 bridgehead atoms. The second-order valence-electron chi connectivity index (χ2n) is 3.23. The first-order valence-corrected chi connectivity index (χ1v) is 5.19. The largest absolute Gasteiger partial charge is 0.359 e. The van der Waals surface area contributed by atoms with Gasteiger partial charge in [0, 0.05) is 39.0 Å². The quantitative estimate of drug-likeness (QED) is 0.656. The highest BCUT2D eigenvalue weighted by Gasteiger charge is 2.01. The van der Waals surface area contributed by atoms with E-state index in [-0.39, 0.29) is 5.91 Å². The first-order valence-electron chi connectivity index (χ1n) is 5.19. The molecule has 2 N–H and O–H groups in total. The van der Waals surface area contributed by atoms with E-state index in [1.165, 1.54) is 0 Å². The summed E-state index contributed by atoms with van der Waals surface area (Å²) in [5.74, 6) is 1.07. The molecule has 0 unspecified atom stereocenters. The molecule has 0 aliphatic rings. The number of rotatable bonds is 6. The molecule has 1 heterocycles. The number of hydrogen-bond donors (Lipinski definition) is 2. The summed E-state index contributed by atoms with van der Waals surface area (Å²) in [6.45, 7) is 4.39. The molecule has 0 spiro atoms. The van der Waals surface area contributed by atoms with Gasteiger partial charge in [-0.15, -0.1) is 0 Å². The summed E-state index contributed by atoms with van der Waals surface area (Å²) in [5.41, 5.74) is 0. The van der Waals surface area contributed by atoms with Gasteiger partial charge < -0.3 is 15.2 Å². The van der Waals surface area contributed by atoms with Crippen molar-refractivity contribution in [2.75, 3.05) is 13.6 Å².